The highest BCUT2D eigenvalue weighted by Gasteiger charge is 2.23. The van der Waals surface area contributed by atoms with E-state index >= 15 is 0 Å². The summed E-state index contributed by atoms with van der Waals surface area (Å²) in [6.07, 6.45) is 2.06. The van der Waals surface area contributed by atoms with Crippen LogP contribution in [0.5, 0.6) is 0 Å². The predicted octanol–water partition coefficient (Wildman–Crippen LogP) is 4.60. The van der Waals surface area contributed by atoms with Crippen LogP contribution >= 0.6 is 11.3 Å². The molecule has 3 aromatic rings. The van der Waals surface area contributed by atoms with Gasteiger partial charge in [-0.1, -0.05) is 32.9 Å². The number of hydrogen-bond donors (Lipinski definition) is 1. The molecule has 0 fully saturated rings. The molecular formula is C19H22N2O2S. The lowest BCUT2D eigenvalue weighted by Gasteiger charge is -2.14. The fourth-order valence-electron chi connectivity index (χ4n) is 2.70. The summed E-state index contributed by atoms with van der Waals surface area (Å²) in [5, 5.41) is 9.26. The Bertz CT molecular complexity index is 929. The third kappa shape index (κ3) is 2.96. The Hall–Kier alpha value is -2.14. The molecule has 1 aromatic carbocycles. The van der Waals surface area contributed by atoms with E-state index in [9.17, 15) is 9.90 Å². The highest BCUT2D eigenvalue weighted by Crippen LogP contribution is 2.35. The molecule has 0 unspecified atom stereocenters. The van der Waals surface area contributed by atoms with Crippen LogP contribution in [0.1, 0.15) is 42.5 Å². The van der Waals surface area contributed by atoms with Gasteiger partial charge in [-0.3, -0.25) is 9.20 Å². The minimum atomic E-state index is -0.819. The highest BCUT2D eigenvalue weighted by molar-refractivity contribution is 7.17. The number of aryl methyl sites for hydroxylation is 2. The molecule has 0 atom stereocenters. The second kappa shape index (κ2) is 5.74. The molecule has 3 rings (SSSR count). The van der Waals surface area contributed by atoms with Crippen LogP contribution in [0, 0.1) is 13.8 Å². The van der Waals surface area contributed by atoms with Crippen LogP contribution in [0.4, 0.5) is 0 Å². The van der Waals surface area contributed by atoms with Crippen LogP contribution in [0.15, 0.2) is 24.4 Å². The van der Waals surface area contributed by atoms with Crippen LogP contribution in [0.25, 0.3) is 16.2 Å². The van der Waals surface area contributed by atoms with Gasteiger partial charge in [-0.25, -0.2) is 4.98 Å². The average Bonchev–Trinajstić information content (AvgIpc) is 2.98. The number of imidazole rings is 1. The first-order valence-corrected chi connectivity index (χ1v) is 8.79. The van der Waals surface area contributed by atoms with Gasteiger partial charge in [0.05, 0.1) is 17.8 Å². The first kappa shape index (κ1) is 16.7. The van der Waals surface area contributed by atoms with Crippen molar-refractivity contribution in [1.29, 1.82) is 0 Å². The van der Waals surface area contributed by atoms with Crippen molar-refractivity contribution >= 4 is 22.3 Å². The molecule has 0 saturated carbocycles. The topological polar surface area (TPSA) is 54.6 Å². The summed E-state index contributed by atoms with van der Waals surface area (Å²) in [5.74, 6) is -0.819. The van der Waals surface area contributed by atoms with E-state index in [2.05, 4.69) is 52.8 Å². The Balaban J connectivity index is 2.25. The summed E-state index contributed by atoms with van der Waals surface area (Å²) >= 11 is 1.47. The van der Waals surface area contributed by atoms with E-state index in [1.165, 1.54) is 22.5 Å². The standard InChI is InChI=1S/C19H22N2O2S/c1-11-6-7-13(8-12(11)2)17-14(9-16(22)23)24-18-20-15(10-21(17)18)19(3,4)5/h6-8,10H,9H2,1-5H3,(H,22,23). The molecule has 5 heteroatoms. The molecule has 0 radical (unpaired) electrons. The number of aliphatic carboxylic acids is 1. The molecule has 0 aliphatic carbocycles. The number of carboxylic acid groups (broad SMARTS) is 1. The Kier molecular flexibility index (Phi) is 4.00. The molecule has 2 aromatic heterocycles. The predicted molar refractivity (Wildman–Crippen MR) is 98.0 cm³/mol. The Labute approximate surface area is 145 Å². The Morgan fingerprint density at radius 1 is 1.25 bits per heavy atom. The lowest BCUT2D eigenvalue weighted by molar-refractivity contribution is -0.136. The van der Waals surface area contributed by atoms with Crippen LogP contribution in [0.3, 0.4) is 0 Å². The molecule has 0 saturated heterocycles. The molecule has 0 amide bonds. The molecular weight excluding hydrogens is 320 g/mol. The first-order chi connectivity index (χ1) is 11.2. The number of carboxylic acids is 1. The fourth-order valence-corrected chi connectivity index (χ4v) is 3.81. The van der Waals surface area contributed by atoms with Gasteiger partial charge in [0.25, 0.3) is 0 Å². The maximum Gasteiger partial charge on any atom is 0.308 e. The van der Waals surface area contributed by atoms with Gasteiger partial charge in [0.15, 0.2) is 4.96 Å². The molecule has 24 heavy (non-hydrogen) atoms. The molecule has 0 aliphatic heterocycles. The van der Waals surface area contributed by atoms with E-state index < -0.39 is 5.97 Å². The largest absolute Gasteiger partial charge is 0.481 e. The molecule has 0 aliphatic rings. The van der Waals surface area contributed by atoms with E-state index in [0.717, 1.165) is 26.8 Å². The van der Waals surface area contributed by atoms with Crippen molar-refractivity contribution in [1.82, 2.24) is 9.38 Å². The quantitative estimate of drug-likeness (QED) is 0.756. The lowest BCUT2D eigenvalue weighted by Crippen LogP contribution is -2.11. The first-order valence-electron chi connectivity index (χ1n) is 7.97. The smallest absolute Gasteiger partial charge is 0.308 e. The van der Waals surface area contributed by atoms with Crippen LogP contribution in [0.2, 0.25) is 0 Å². The summed E-state index contributed by atoms with van der Waals surface area (Å²) < 4.78 is 2.05. The van der Waals surface area contributed by atoms with Crippen molar-refractivity contribution in [3.05, 3.63) is 46.1 Å². The second-order valence-corrected chi connectivity index (χ2v) is 8.33. The monoisotopic (exact) mass is 342 g/mol. The van der Waals surface area contributed by atoms with Crippen LogP contribution < -0.4 is 0 Å². The normalized spacial score (nSPS) is 12.0. The molecule has 126 valence electrons. The van der Waals surface area contributed by atoms with Gasteiger partial charge >= 0.3 is 5.97 Å². The zero-order valence-electron chi connectivity index (χ0n) is 14.7. The highest BCUT2D eigenvalue weighted by atomic mass is 32.1. The third-order valence-electron chi connectivity index (χ3n) is 4.25. The minimum absolute atomic E-state index is 0.0150. The minimum Gasteiger partial charge on any atom is -0.481 e. The van der Waals surface area contributed by atoms with Crippen molar-refractivity contribution in [2.75, 3.05) is 0 Å². The van der Waals surface area contributed by atoms with E-state index in [1.807, 2.05) is 10.6 Å². The fraction of sp³-hybridized carbons (Fsp3) is 0.368. The molecule has 0 spiro atoms. The van der Waals surface area contributed by atoms with Crippen molar-refractivity contribution in [2.24, 2.45) is 0 Å². The number of carbonyl (C=O) groups is 1. The Morgan fingerprint density at radius 3 is 2.54 bits per heavy atom. The summed E-state index contributed by atoms with van der Waals surface area (Å²) in [4.78, 5) is 17.7. The number of fused-ring (bicyclic) bond motifs is 1. The average molecular weight is 342 g/mol. The number of aromatic nitrogens is 2. The van der Waals surface area contributed by atoms with Crippen molar-refractivity contribution in [3.63, 3.8) is 0 Å². The zero-order chi connectivity index (χ0) is 17.6. The maximum absolute atomic E-state index is 11.3. The van der Waals surface area contributed by atoms with Crippen molar-refractivity contribution < 1.29 is 9.90 Å². The summed E-state index contributed by atoms with van der Waals surface area (Å²) in [6, 6.07) is 6.27. The van der Waals surface area contributed by atoms with E-state index in [-0.39, 0.29) is 11.8 Å². The SMILES string of the molecule is Cc1ccc(-c2c(CC(=O)O)sc3nc(C(C)(C)C)cn23)cc1C. The van der Waals surface area contributed by atoms with Gasteiger partial charge in [0.2, 0.25) is 0 Å². The maximum atomic E-state index is 11.3. The lowest BCUT2D eigenvalue weighted by atomic mass is 9.93. The van der Waals surface area contributed by atoms with E-state index in [0.29, 0.717) is 0 Å². The number of rotatable bonds is 3. The molecule has 2 heterocycles. The summed E-state index contributed by atoms with van der Waals surface area (Å²) in [7, 11) is 0. The van der Waals surface area contributed by atoms with E-state index in [4.69, 9.17) is 4.98 Å². The third-order valence-corrected chi connectivity index (χ3v) is 5.31. The van der Waals surface area contributed by atoms with Gasteiger partial charge in [-0.2, -0.15) is 0 Å². The number of benzene rings is 1. The summed E-state index contributed by atoms with van der Waals surface area (Å²) in [5.41, 5.74) is 5.39. The van der Waals surface area contributed by atoms with Gasteiger partial charge in [-0.15, -0.1) is 11.3 Å². The number of hydrogen-bond acceptors (Lipinski definition) is 3. The molecule has 1 N–H and O–H groups in total. The van der Waals surface area contributed by atoms with Crippen LogP contribution in [-0.2, 0) is 16.6 Å². The molecule has 4 nitrogen and oxygen atoms in total. The number of nitrogens with zero attached hydrogens (tertiary/aromatic N) is 2. The van der Waals surface area contributed by atoms with E-state index in [1.54, 1.807) is 0 Å². The van der Waals surface area contributed by atoms with Crippen molar-refractivity contribution in [2.45, 2.75) is 46.5 Å². The van der Waals surface area contributed by atoms with Crippen molar-refractivity contribution in [3.8, 4) is 11.3 Å². The Morgan fingerprint density at radius 2 is 1.96 bits per heavy atom. The number of thiazole rings is 1. The van der Waals surface area contributed by atoms with Gasteiger partial charge in [0, 0.05) is 16.5 Å². The van der Waals surface area contributed by atoms with Crippen LogP contribution in [-0.4, -0.2) is 20.5 Å². The second-order valence-electron chi connectivity index (χ2n) is 7.27. The zero-order valence-corrected chi connectivity index (χ0v) is 15.5. The summed E-state index contributed by atoms with van der Waals surface area (Å²) in [6.45, 7) is 10.6. The van der Waals surface area contributed by atoms with Gasteiger partial charge in [-0.05, 0) is 36.6 Å². The molecule has 0 bridgehead atoms. The van der Waals surface area contributed by atoms with Gasteiger partial charge in [0.1, 0.15) is 0 Å². The van der Waals surface area contributed by atoms with Gasteiger partial charge < -0.3 is 5.11 Å².